The van der Waals surface area contributed by atoms with Crippen molar-refractivity contribution in [1.29, 1.82) is 0 Å². The molecular weight excluding hydrogens is 276 g/mol. The van der Waals surface area contributed by atoms with E-state index in [1.807, 2.05) is 29.3 Å². The Balaban J connectivity index is 1.37. The maximum Gasteiger partial charge on any atom is 0.241 e. The first kappa shape index (κ1) is 13.2. The Morgan fingerprint density at radius 3 is 2.55 bits per heavy atom. The van der Waals surface area contributed by atoms with Gasteiger partial charge in [0.05, 0.1) is 11.4 Å². The summed E-state index contributed by atoms with van der Waals surface area (Å²) in [5, 5.41) is 4.96. The lowest BCUT2D eigenvalue weighted by Gasteiger charge is -2.19. The van der Waals surface area contributed by atoms with Crippen LogP contribution in [0.1, 0.15) is 11.1 Å². The summed E-state index contributed by atoms with van der Waals surface area (Å²) < 4.78 is 0. The van der Waals surface area contributed by atoms with Crippen molar-refractivity contribution in [2.75, 3.05) is 17.0 Å². The lowest BCUT2D eigenvalue weighted by molar-refractivity contribution is -0.120. The third kappa shape index (κ3) is 2.40. The summed E-state index contributed by atoms with van der Waals surface area (Å²) >= 11 is 0. The fraction of sp³-hybridized carbons (Fsp3) is 0.235. The maximum atomic E-state index is 12.3. The van der Waals surface area contributed by atoms with Crippen molar-refractivity contribution in [3.63, 3.8) is 0 Å². The van der Waals surface area contributed by atoms with Crippen molar-refractivity contribution in [1.82, 2.24) is 10.9 Å². The number of nitrogens with zero attached hydrogens (tertiary/aromatic N) is 1. The molecule has 0 atom stereocenters. The minimum atomic E-state index is 0.0313. The van der Waals surface area contributed by atoms with E-state index in [2.05, 4.69) is 40.5 Å². The second-order valence-electron chi connectivity index (χ2n) is 5.78. The normalized spacial score (nSPS) is 16.1. The van der Waals surface area contributed by atoms with E-state index < -0.39 is 0 Å². The molecule has 0 bridgehead atoms. The summed E-state index contributed by atoms with van der Waals surface area (Å²) in [6, 6.07) is 16.5. The van der Waals surface area contributed by atoms with E-state index in [1.165, 1.54) is 11.1 Å². The summed E-state index contributed by atoms with van der Waals surface area (Å²) in [4.78, 5) is 12.3. The minimum absolute atomic E-state index is 0.0313. The number of para-hydroxylation sites is 2. The van der Waals surface area contributed by atoms with Crippen molar-refractivity contribution in [3.05, 3.63) is 59.7 Å². The van der Waals surface area contributed by atoms with Gasteiger partial charge in [-0.05, 0) is 36.1 Å². The smallest absolute Gasteiger partial charge is 0.241 e. The zero-order valence-corrected chi connectivity index (χ0v) is 12.2. The number of amides is 1. The summed E-state index contributed by atoms with van der Waals surface area (Å²) in [7, 11) is 0. The molecule has 0 saturated heterocycles. The Bertz CT molecular complexity index is 690. The molecule has 5 nitrogen and oxygen atoms in total. The highest BCUT2D eigenvalue weighted by Gasteiger charge is 2.25. The van der Waals surface area contributed by atoms with Gasteiger partial charge in [-0.3, -0.25) is 9.80 Å². The Morgan fingerprint density at radius 1 is 1.09 bits per heavy atom. The number of rotatable bonds is 3. The molecule has 0 unspecified atom stereocenters. The first-order valence-electron chi connectivity index (χ1n) is 7.54. The number of benzene rings is 2. The van der Waals surface area contributed by atoms with Crippen molar-refractivity contribution < 1.29 is 4.79 Å². The molecule has 0 aromatic heterocycles. The van der Waals surface area contributed by atoms with Gasteiger partial charge in [0.25, 0.3) is 0 Å². The monoisotopic (exact) mass is 294 g/mol. The lowest BCUT2D eigenvalue weighted by atomic mass is 10.1. The minimum Gasteiger partial charge on any atom is -0.351 e. The molecule has 1 aliphatic carbocycles. The van der Waals surface area contributed by atoms with Crippen LogP contribution in [0.25, 0.3) is 0 Å². The number of carbonyl (C=O) groups excluding carboxylic acids is 1. The first-order valence-corrected chi connectivity index (χ1v) is 7.54. The van der Waals surface area contributed by atoms with Crippen LogP contribution >= 0.6 is 0 Å². The summed E-state index contributed by atoms with van der Waals surface area (Å²) in [5.41, 5.74) is 10.8. The largest absolute Gasteiger partial charge is 0.351 e. The number of nitrogens with one attached hydrogen (secondary N) is 3. The van der Waals surface area contributed by atoms with Crippen LogP contribution in [0.5, 0.6) is 0 Å². The number of hydrogen-bond donors (Lipinski definition) is 3. The molecule has 2 aromatic carbocycles. The van der Waals surface area contributed by atoms with Gasteiger partial charge in [0, 0.05) is 6.04 Å². The van der Waals surface area contributed by atoms with Gasteiger partial charge < -0.3 is 10.7 Å². The Kier molecular flexibility index (Phi) is 3.20. The Labute approximate surface area is 129 Å². The number of hydrazine groups is 2. The topological polar surface area (TPSA) is 56.4 Å². The molecular formula is C17H18N4O. The van der Waals surface area contributed by atoms with Crippen LogP contribution in [0.15, 0.2) is 48.5 Å². The van der Waals surface area contributed by atoms with Gasteiger partial charge in [0.1, 0.15) is 6.54 Å². The molecule has 5 heteroatoms. The SMILES string of the molecule is O=C(CN1NNc2ccccc21)NC1Cc2ccccc2C1. The van der Waals surface area contributed by atoms with Crippen LogP contribution in [0.4, 0.5) is 11.4 Å². The molecule has 112 valence electrons. The van der Waals surface area contributed by atoms with Gasteiger partial charge in [-0.15, -0.1) is 5.53 Å². The Morgan fingerprint density at radius 2 is 1.77 bits per heavy atom. The van der Waals surface area contributed by atoms with Crippen LogP contribution in [0, 0.1) is 0 Å². The standard InChI is InChI=1S/C17H18N4O/c22-17(11-21-16-8-4-3-7-15(16)19-20-21)18-14-9-12-5-1-2-6-13(12)10-14/h1-8,14,19-20H,9-11H2,(H,18,22). The number of hydrogen-bond acceptors (Lipinski definition) is 4. The highest BCUT2D eigenvalue weighted by atomic mass is 16.2. The zero-order valence-electron chi connectivity index (χ0n) is 12.2. The number of fused-ring (bicyclic) bond motifs is 2. The zero-order chi connectivity index (χ0) is 14.9. The van der Waals surface area contributed by atoms with Gasteiger partial charge in [-0.2, -0.15) is 0 Å². The second-order valence-corrected chi connectivity index (χ2v) is 5.78. The van der Waals surface area contributed by atoms with Gasteiger partial charge >= 0.3 is 0 Å². The predicted octanol–water partition coefficient (Wildman–Crippen LogP) is 1.62. The van der Waals surface area contributed by atoms with E-state index in [1.54, 1.807) is 0 Å². The molecule has 0 saturated carbocycles. The maximum absolute atomic E-state index is 12.3. The third-order valence-electron chi connectivity index (χ3n) is 4.24. The van der Waals surface area contributed by atoms with Crippen molar-refractivity contribution >= 4 is 17.3 Å². The van der Waals surface area contributed by atoms with E-state index in [0.717, 1.165) is 24.2 Å². The fourth-order valence-electron chi connectivity index (χ4n) is 3.21. The molecule has 1 amide bonds. The van der Waals surface area contributed by atoms with Crippen LogP contribution in [-0.2, 0) is 17.6 Å². The van der Waals surface area contributed by atoms with E-state index >= 15 is 0 Å². The van der Waals surface area contributed by atoms with Crippen LogP contribution in [-0.4, -0.2) is 18.5 Å². The molecule has 1 heterocycles. The van der Waals surface area contributed by atoms with Crippen molar-refractivity contribution in [2.24, 2.45) is 0 Å². The summed E-state index contributed by atoms with van der Waals surface area (Å²) in [6.45, 7) is 0.289. The molecule has 3 N–H and O–H groups in total. The van der Waals surface area contributed by atoms with E-state index in [4.69, 9.17) is 0 Å². The van der Waals surface area contributed by atoms with E-state index in [0.29, 0.717) is 0 Å². The number of anilines is 2. The fourth-order valence-corrected chi connectivity index (χ4v) is 3.21. The van der Waals surface area contributed by atoms with Crippen LogP contribution in [0.3, 0.4) is 0 Å². The first-order chi connectivity index (χ1) is 10.8. The quantitative estimate of drug-likeness (QED) is 0.805. The molecule has 4 rings (SSSR count). The lowest BCUT2D eigenvalue weighted by Crippen LogP contribution is -2.46. The highest BCUT2D eigenvalue weighted by Crippen LogP contribution is 2.27. The van der Waals surface area contributed by atoms with Crippen LogP contribution in [0.2, 0.25) is 0 Å². The molecule has 1 aliphatic heterocycles. The number of carbonyl (C=O) groups is 1. The average molecular weight is 294 g/mol. The Hall–Kier alpha value is -2.53. The second kappa shape index (κ2) is 5.35. The highest BCUT2D eigenvalue weighted by molar-refractivity contribution is 5.84. The van der Waals surface area contributed by atoms with E-state index in [-0.39, 0.29) is 18.5 Å². The van der Waals surface area contributed by atoms with Crippen LogP contribution < -0.4 is 21.3 Å². The van der Waals surface area contributed by atoms with Gasteiger partial charge in [0.15, 0.2) is 0 Å². The van der Waals surface area contributed by atoms with Crippen molar-refractivity contribution in [2.45, 2.75) is 18.9 Å². The molecule has 0 fully saturated rings. The van der Waals surface area contributed by atoms with Gasteiger partial charge in [-0.1, -0.05) is 36.4 Å². The summed E-state index contributed by atoms with van der Waals surface area (Å²) in [5.74, 6) is 0.0313. The summed E-state index contributed by atoms with van der Waals surface area (Å²) in [6.07, 6.45) is 1.84. The third-order valence-corrected chi connectivity index (χ3v) is 4.24. The molecule has 0 spiro atoms. The van der Waals surface area contributed by atoms with Crippen molar-refractivity contribution in [3.8, 4) is 0 Å². The van der Waals surface area contributed by atoms with Gasteiger partial charge in [-0.25, -0.2) is 0 Å². The molecule has 2 aromatic rings. The van der Waals surface area contributed by atoms with E-state index in [9.17, 15) is 4.79 Å². The molecule has 2 aliphatic rings. The molecule has 0 radical (unpaired) electrons. The van der Waals surface area contributed by atoms with Gasteiger partial charge in [0.2, 0.25) is 5.91 Å². The predicted molar refractivity (Wildman–Crippen MR) is 86.3 cm³/mol. The average Bonchev–Trinajstić information content (AvgIpc) is 3.11. The molecule has 22 heavy (non-hydrogen) atoms.